The van der Waals surface area contributed by atoms with E-state index in [1.807, 2.05) is 13.0 Å². The molecular formula is C7H15N3. The lowest BCUT2D eigenvalue weighted by Crippen LogP contribution is -2.17. The summed E-state index contributed by atoms with van der Waals surface area (Å²) in [5, 5.41) is 6.49. The van der Waals surface area contributed by atoms with E-state index in [0.717, 1.165) is 19.5 Å². The Bertz CT molecular complexity index is 93.4. The molecule has 0 aromatic heterocycles. The molecule has 0 amide bonds. The second-order valence-corrected chi connectivity index (χ2v) is 1.89. The maximum atomic E-state index is 4.88. The van der Waals surface area contributed by atoms with Gasteiger partial charge in [-0.3, -0.25) is 0 Å². The molecule has 0 atom stereocenters. The Balaban J connectivity index is 2.90. The molecule has 0 saturated carbocycles. The first-order valence-corrected chi connectivity index (χ1v) is 3.45. The zero-order valence-corrected chi connectivity index (χ0v) is 6.38. The molecule has 58 valence electrons. The van der Waals surface area contributed by atoms with Crippen LogP contribution < -0.4 is 11.2 Å². The van der Waals surface area contributed by atoms with Crippen molar-refractivity contribution in [1.29, 1.82) is 0 Å². The van der Waals surface area contributed by atoms with Crippen LogP contribution in [0.5, 0.6) is 0 Å². The number of hydrazone groups is 1. The minimum Gasteiger partial charge on any atom is -0.324 e. The van der Waals surface area contributed by atoms with Gasteiger partial charge in [-0.1, -0.05) is 12.2 Å². The van der Waals surface area contributed by atoms with Crippen LogP contribution in [-0.2, 0) is 0 Å². The lowest BCUT2D eigenvalue weighted by molar-refractivity contribution is 0.775. The molecule has 0 unspecified atom stereocenters. The van der Waals surface area contributed by atoms with Crippen molar-refractivity contribution >= 4 is 6.21 Å². The third-order valence-electron chi connectivity index (χ3n) is 1.06. The third kappa shape index (κ3) is 7.17. The average Bonchev–Trinajstić information content (AvgIpc) is 1.97. The van der Waals surface area contributed by atoms with Gasteiger partial charge in [0.15, 0.2) is 0 Å². The summed E-state index contributed by atoms with van der Waals surface area (Å²) in [4.78, 5) is 0. The van der Waals surface area contributed by atoms with Gasteiger partial charge < -0.3 is 11.2 Å². The zero-order valence-electron chi connectivity index (χ0n) is 6.38. The molecule has 0 bridgehead atoms. The molecule has 0 aliphatic heterocycles. The van der Waals surface area contributed by atoms with E-state index in [-0.39, 0.29) is 0 Å². The minimum absolute atomic E-state index is 0.758. The van der Waals surface area contributed by atoms with Crippen molar-refractivity contribution in [1.82, 2.24) is 5.32 Å². The van der Waals surface area contributed by atoms with Crippen molar-refractivity contribution in [3.8, 4) is 0 Å². The highest BCUT2D eigenvalue weighted by atomic mass is 15.1. The van der Waals surface area contributed by atoms with E-state index < -0.39 is 0 Å². The van der Waals surface area contributed by atoms with Crippen molar-refractivity contribution in [3.05, 3.63) is 12.2 Å². The maximum absolute atomic E-state index is 4.88. The Hall–Kier alpha value is -0.830. The largest absolute Gasteiger partial charge is 0.324 e. The fourth-order valence-electron chi connectivity index (χ4n) is 0.571. The summed E-state index contributed by atoms with van der Waals surface area (Å²) in [5.41, 5.74) is 0. The molecule has 3 N–H and O–H groups in total. The molecule has 0 spiro atoms. The van der Waals surface area contributed by atoms with Gasteiger partial charge in [0.1, 0.15) is 0 Å². The lowest BCUT2D eigenvalue weighted by Gasteiger charge is -1.94. The van der Waals surface area contributed by atoms with Crippen molar-refractivity contribution in [2.45, 2.75) is 13.3 Å². The number of nitrogens with zero attached hydrogens (tertiary/aromatic N) is 1. The number of nitrogens with two attached hydrogens (primary N) is 1. The fraction of sp³-hybridized carbons (Fsp3) is 0.571. The van der Waals surface area contributed by atoms with E-state index in [1.54, 1.807) is 6.21 Å². The quantitative estimate of drug-likeness (QED) is 0.192. The van der Waals surface area contributed by atoms with Crippen LogP contribution in [0.25, 0.3) is 0 Å². The fourth-order valence-corrected chi connectivity index (χ4v) is 0.571. The van der Waals surface area contributed by atoms with Gasteiger partial charge in [0.05, 0.1) is 0 Å². The number of rotatable bonds is 5. The maximum Gasteiger partial charge on any atom is 0.0378 e. The Morgan fingerprint density at radius 1 is 1.60 bits per heavy atom. The van der Waals surface area contributed by atoms with Crippen molar-refractivity contribution < 1.29 is 0 Å². The molecule has 0 saturated heterocycles. The van der Waals surface area contributed by atoms with Crippen LogP contribution in [0.4, 0.5) is 0 Å². The van der Waals surface area contributed by atoms with Gasteiger partial charge in [-0.2, -0.15) is 5.10 Å². The van der Waals surface area contributed by atoms with E-state index in [0.29, 0.717) is 0 Å². The van der Waals surface area contributed by atoms with Gasteiger partial charge in [-0.15, -0.1) is 0 Å². The lowest BCUT2D eigenvalue weighted by atomic mass is 10.4. The highest BCUT2D eigenvalue weighted by Crippen LogP contribution is 1.77. The Labute approximate surface area is 62.0 Å². The standard InChI is InChI=1S/C7H15N3/c1-2-3-4-5-9-6-7-10-8/h2-3,7,9H,4-6,8H2,1H3/b3-2-,10-7+. The van der Waals surface area contributed by atoms with E-state index >= 15 is 0 Å². The van der Waals surface area contributed by atoms with Crippen molar-refractivity contribution in [2.24, 2.45) is 10.9 Å². The molecule has 0 radical (unpaired) electrons. The predicted molar refractivity (Wildman–Crippen MR) is 45.0 cm³/mol. The molecule has 3 nitrogen and oxygen atoms in total. The second-order valence-electron chi connectivity index (χ2n) is 1.89. The monoisotopic (exact) mass is 141 g/mol. The molecule has 0 aliphatic carbocycles. The molecule has 0 aromatic carbocycles. The van der Waals surface area contributed by atoms with Crippen LogP contribution in [0.3, 0.4) is 0 Å². The minimum atomic E-state index is 0.758. The van der Waals surface area contributed by atoms with Gasteiger partial charge in [-0.05, 0) is 19.9 Å². The average molecular weight is 141 g/mol. The summed E-state index contributed by atoms with van der Waals surface area (Å²) < 4.78 is 0. The summed E-state index contributed by atoms with van der Waals surface area (Å²) in [6, 6.07) is 0. The first-order chi connectivity index (χ1) is 4.91. The van der Waals surface area contributed by atoms with Crippen LogP contribution >= 0.6 is 0 Å². The smallest absolute Gasteiger partial charge is 0.0378 e. The molecule has 3 heteroatoms. The Morgan fingerprint density at radius 3 is 3.00 bits per heavy atom. The summed E-state index contributed by atoms with van der Waals surface area (Å²) in [7, 11) is 0. The van der Waals surface area contributed by atoms with Gasteiger partial charge >= 0.3 is 0 Å². The first-order valence-electron chi connectivity index (χ1n) is 3.45. The number of nitrogens with one attached hydrogen (secondary N) is 1. The summed E-state index contributed by atoms with van der Waals surface area (Å²) in [6.07, 6.45) is 6.87. The zero-order chi connectivity index (χ0) is 7.66. The van der Waals surface area contributed by atoms with Crippen LogP contribution in [0.15, 0.2) is 17.3 Å². The number of hydrogen-bond donors (Lipinski definition) is 2. The van der Waals surface area contributed by atoms with Crippen LogP contribution in [0.2, 0.25) is 0 Å². The van der Waals surface area contributed by atoms with Gasteiger partial charge in [0.2, 0.25) is 0 Å². The summed E-state index contributed by atoms with van der Waals surface area (Å²) >= 11 is 0. The van der Waals surface area contributed by atoms with Crippen LogP contribution in [0, 0.1) is 0 Å². The Morgan fingerprint density at radius 2 is 2.40 bits per heavy atom. The third-order valence-corrected chi connectivity index (χ3v) is 1.06. The van der Waals surface area contributed by atoms with Crippen molar-refractivity contribution in [2.75, 3.05) is 13.1 Å². The molecule has 0 rings (SSSR count). The van der Waals surface area contributed by atoms with Crippen molar-refractivity contribution in [3.63, 3.8) is 0 Å². The summed E-state index contributed by atoms with van der Waals surface area (Å²) in [6.45, 7) is 3.76. The van der Waals surface area contributed by atoms with Crippen LogP contribution in [0.1, 0.15) is 13.3 Å². The molecule has 0 aliphatic rings. The molecular weight excluding hydrogens is 126 g/mol. The van der Waals surface area contributed by atoms with E-state index in [1.165, 1.54) is 0 Å². The van der Waals surface area contributed by atoms with E-state index in [4.69, 9.17) is 5.84 Å². The second kappa shape index (κ2) is 8.17. The highest BCUT2D eigenvalue weighted by molar-refractivity contribution is 5.58. The normalized spacial score (nSPS) is 11.7. The van der Waals surface area contributed by atoms with Gasteiger partial charge in [0.25, 0.3) is 0 Å². The van der Waals surface area contributed by atoms with Crippen LogP contribution in [-0.4, -0.2) is 19.3 Å². The SMILES string of the molecule is C/C=C\CCNC/C=N/N. The van der Waals surface area contributed by atoms with E-state index in [2.05, 4.69) is 16.5 Å². The van der Waals surface area contributed by atoms with Gasteiger partial charge in [-0.25, -0.2) is 0 Å². The topological polar surface area (TPSA) is 50.4 Å². The molecule has 0 fully saturated rings. The van der Waals surface area contributed by atoms with E-state index in [9.17, 15) is 0 Å². The summed E-state index contributed by atoms with van der Waals surface area (Å²) in [5.74, 6) is 4.88. The number of allylic oxidation sites excluding steroid dienone is 1. The predicted octanol–water partition coefficient (Wildman–Crippen LogP) is 0.487. The van der Waals surface area contributed by atoms with Gasteiger partial charge in [0, 0.05) is 12.8 Å². The molecule has 10 heavy (non-hydrogen) atoms. The highest BCUT2D eigenvalue weighted by Gasteiger charge is 1.78. The Kier molecular flexibility index (Phi) is 7.49. The molecule has 0 heterocycles. The number of hydrogen-bond acceptors (Lipinski definition) is 3. The first kappa shape index (κ1) is 9.17. The molecule has 0 aromatic rings.